The van der Waals surface area contributed by atoms with Crippen molar-refractivity contribution in [3.8, 4) is 0 Å². The largest absolute Gasteiger partial charge is 0.393 e. The number of sulfone groups is 1. The molecule has 0 spiro atoms. The van der Waals surface area contributed by atoms with Crippen LogP contribution in [0.5, 0.6) is 0 Å². The molecule has 3 N–H and O–H groups in total. The monoisotopic (exact) mass is 315 g/mol. The molecule has 0 heterocycles. The maximum atomic E-state index is 12.4. The summed E-state index contributed by atoms with van der Waals surface area (Å²) in [7, 11) is -3.34. The maximum Gasteiger partial charge on any atom is 0.178 e. The molecule has 0 saturated heterocycles. The van der Waals surface area contributed by atoms with Crippen LogP contribution < -0.4 is 5.73 Å². The van der Waals surface area contributed by atoms with Crippen LogP contribution in [0.4, 0.5) is 0 Å². The lowest BCUT2D eigenvalue weighted by molar-refractivity contribution is 0.0969. The zero-order valence-corrected chi connectivity index (χ0v) is 13.2. The van der Waals surface area contributed by atoms with Crippen molar-refractivity contribution >= 4 is 21.6 Å². The third-order valence-electron chi connectivity index (χ3n) is 3.87. The van der Waals surface area contributed by atoms with Gasteiger partial charge < -0.3 is 10.8 Å². The van der Waals surface area contributed by atoms with Crippen LogP contribution in [0.15, 0.2) is 34.1 Å². The van der Waals surface area contributed by atoms with Gasteiger partial charge in [0.2, 0.25) is 0 Å². The van der Waals surface area contributed by atoms with E-state index in [2.05, 4.69) is 0 Å². The average molecular weight is 315 g/mol. The minimum Gasteiger partial charge on any atom is -0.393 e. The lowest BCUT2D eigenvalue weighted by Crippen LogP contribution is -2.41. The first-order valence-corrected chi connectivity index (χ1v) is 9.60. The van der Waals surface area contributed by atoms with Crippen LogP contribution in [0, 0.1) is 5.92 Å². The molecule has 0 amide bonds. The van der Waals surface area contributed by atoms with Crippen LogP contribution >= 0.6 is 11.8 Å². The summed E-state index contributed by atoms with van der Waals surface area (Å²) in [5.41, 5.74) is 5.99. The van der Waals surface area contributed by atoms with E-state index in [0.29, 0.717) is 24.2 Å². The first kappa shape index (κ1) is 15.8. The highest BCUT2D eigenvalue weighted by Gasteiger charge is 2.31. The van der Waals surface area contributed by atoms with Crippen molar-refractivity contribution in [3.05, 3.63) is 24.3 Å². The van der Waals surface area contributed by atoms with Crippen molar-refractivity contribution in [2.75, 3.05) is 12.0 Å². The van der Waals surface area contributed by atoms with Crippen molar-refractivity contribution < 1.29 is 13.5 Å². The van der Waals surface area contributed by atoms with Crippen LogP contribution in [0.1, 0.15) is 19.3 Å². The Bertz CT molecular complexity index is 542. The van der Waals surface area contributed by atoms with Gasteiger partial charge in [-0.05, 0) is 55.7 Å². The van der Waals surface area contributed by atoms with Gasteiger partial charge in [0.25, 0.3) is 0 Å². The molecule has 2 rings (SSSR count). The fourth-order valence-electron chi connectivity index (χ4n) is 2.62. The number of rotatable bonds is 4. The zero-order chi connectivity index (χ0) is 14.8. The maximum absolute atomic E-state index is 12.4. The minimum atomic E-state index is -3.34. The molecule has 0 aromatic heterocycles. The molecule has 1 aliphatic rings. The van der Waals surface area contributed by atoms with Crippen LogP contribution in [-0.2, 0) is 9.84 Å². The third kappa shape index (κ3) is 3.75. The van der Waals surface area contributed by atoms with Crippen molar-refractivity contribution in [2.45, 2.75) is 41.2 Å². The van der Waals surface area contributed by atoms with Gasteiger partial charge in [-0.1, -0.05) is 0 Å². The molecule has 0 bridgehead atoms. The van der Waals surface area contributed by atoms with Crippen LogP contribution in [-0.4, -0.2) is 37.7 Å². The molecule has 0 aliphatic heterocycles. The molecule has 3 atom stereocenters. The Kier molecular flexibility index (Phi) is 5.12. The highest BCUT2D eigenvalue weighted by Crippen LogP contribution is 2.27. The number of aliphatic hydroxyl groups excluding tert-OH is 1. The molecule has 1 aliphatic carbocycles. The van der Waals surface area contributed by atoms with Crippen molar-refractivity contribution in [1.29, 1.82) is 0 Å². The highest BCUT2D eigenvalue weighted by atomic mass is 32.2. The van der Waals surface area contributed by atoms with E-state index in [0.717, 1.165) is 4.90 Å². The third-order valence-corrected chi connectivity index (χ3v) is 6.47. The van der Waals surface area contributed by atoms with E-state index >= 15 is 0 Å². The Morgan fingerprint density at radius 2 is 1.95 bits per heavy atom. The fraction of sp³-hybridized carbons (Fsp3) is 0.571. The summed E-state index contributed by atoms with van der Waals surface area (Å²) in [6.45, 7) is 0. The van der Waals surface area contributed by atoms with Crippen LogP contribution in [0.3, 0.4) is 0 Å². The van der Waals surface area contributed by atoms with Gasteiger partial charge in [-0.3, -0.25) is 0 Å². The van der Waals surface area contributed by atoms with Gasteiger partial charge in [-0.15, -0.1) is 11.8 Å². The molecule has 1 fully saturated rings. The first-order valence-electron chi connectivity index (χ1n) is 6.73. The Morgan fingerprint density at radius 3 is 2.55 bits per heavy atom. The second kappa shape index (κ2) is 6.47. The summed E-state index contributed by atoms with van der Waals surface area (Å²) in [4.78, 5) is 1.37. The van der Waals surface area contributed by atoms with Crippen molar-refractivity contribution in [1.82, 2.24) is 0 Å². The van der Waals surface area contributed by atoms with E-state index < -0.39 is 15.9 Å². The average Bonchev–Trinajstić information content (AvgIpc) is 2.43. The van der Waals surface area contributed by atoms with E-state index in [1.165, 1.54) is 0 Å². The topological polar surface area (TPSA) is 80.4 Å². The Morgan fingerprint density at radius 1 is 1.30 bits per heavy atom. The van der Waals surface area contributed by atoms with E-state index in [9.17, 15) is 13.5 Å². The number of benzene rings is 1. The van der Waals surface area contributed by atoms with Gasteiger partial charge in [-0.25, -0.2) is 8.42 Å². The summed E-state index contributed by atoms with van der Waals surface area (Å²) in [6.07, 6.45) is 3.36. The quantitative estimate of drug-likeness (QED) is 0.826. The van der Waals surface area contributed by atoms with Crippen molar-refractivity contribution in [2.24, 2.45) is 11.7 Å². The van der Waals surface area contributed by atoms with Crippen LogP contribution in [0.25, 0.3) is 0 Å². The molecule has 1 unspecified atom stereocenters. The second-order valence-electron chi connectivity index (χ2n) is 5.35. The molecule has 1 aromatic carbocycles. The van der Waals surface area contributed by atoms with Gasteiger partial charge in [0, 0.05) is 10.9 Å². The molecule has 0 radical (unpaired) electrons. The summed E-state index contributed by atoms with van der Waals surface area (Å²) >= 11 is 1.58. The van der Waals surface area contributed by atoms with Gasteiger partial charge in [0.1, 0.15) is 0 Å². The van der Waals surface area contributed by atoms with Crippen molar-refractivity contribution in [3.63, 3.8) is 0 Å². The van der Waals surface area contributed by atoms with Crippen LogP contribution in [0.2, 0.25) is 0 Å². The lowest BCUT2D eigenvalue weighted by atomic mass is 9.85. The number of aliphatic hydroxyl groups is 1. The Hall–Kier alpha value is -0.560. The van der Waals surface area contributed by atoms with E-state index in [1.807, 2.05) is 18.4 Å². The van der Waals surface area contributed by atoms with Gasteiger partial charge in [0.15, 0.2) is 9.84 Å². The predicted octanol–water partition coefficient (Wildman–Crippen LogP) is 1.67. The second-order valence-corrected chi connectivity index (χ2v) is 8.26. The molecule has 1 saturated carbocycles. The van der Waals surface area contributed by atoms with Gasteiger partial charge in [-0.2, -0.15) is 0 Å². The standard InChI is InChI=1S/C14H21NO3S2/c1-19-12-3-5-13(6-4-12)20(17,18)9-10-8-11(16)2-7-14(10)15/h3-6,10-11,14,16H,2,7-9,15H2,1H3/t10?,11-,14+/m0/s1. The zero-order valence-electron chi connectivity index (χ0n) is 11.5. The number of thioether (sulfide) groups is 1. The van der Waals surface area contributed by atoms with Gasteiger partial charge >= 0.3 is 0 Å². The summed E-state index contributed by atoms with van der Waals surface area (Å²) in [5.74, 6) is -0.145. The molecule has 112 valence electrons. The summed E-state index contributed by atoms with van der Waals surface area (Å²) < 4.78 is 24.8. The molecule has 6 heteroatoms. The molecule has 20 heavy (non-hydrogen) atoms. The minimum absolute atomic E-state index is 0.0177. The van der Waals surface area contributed by atoms with Gasteiger partial charge in [0.05, 0.1) is 16.8 Å². The number of hydrogen-bond acceptors (Lipinski definition) is 5. The normalized spacial score (nSPS) is 27.4. The molecular weight excluding hydrogens is 294 g/mol. The summed E-state index contributed by atoms with van der Waals surface area (Å²) in [5, 5.41) is 9.68. The molecule has 1 aromatic rings. The van der Waals surface area contributed by atoms with E-state index in [-0.39, 0.29) is 17.7 Å². The Balaban J connectivity index is 2.13. The lowest BCUT2D eigenvalue weighted by Gasteiger charge is -2.31. The predicted molar refractivity (Wildman–Crippen MR) is 81.6 cm³/mol. The summed E-state index contributed by atoms with van der Waals surface area (Å²) in [6, 6.07) is 6.77. The number of nitrogens with two attached hydrogens (primary N) is 1. The SMILES string of the molecule is CSc1ccc(S(=O)(=O)CC2C[C@@H](O)CC[C@H]2N)cc1. The molecule has 4 nitrogen and oxygen atoms in total. The first-order chi connectivity index (χ1) is 9.42. The van der Waals surface area contributed by atoms with E-state index in [1.54, 1.807) is 23.9 Å². The Labute approximate surface area is 124 Å². The van der Waals surface area contributed by atoms with E-state index in [4.69, 9.17) is 5.73 Å². The number of hydrogen-bond donors (Lipinski definition) is 2. The smallest absolute Gasteiger partial charge is 0.178 e. The highest BCUT2D eigenvalue weighted by molar-refractivity contribution is 7.98. The molecular formula is C14H21NO3S2. The fourth-order valence-corrected chi connectivity index (χ4v) is 4.71.